The van der Waals surface area contributed by atoms with Crippen LogP contribution >= 0.6 is 0 Å². The van der Waals surface area contributed by atoms with Crippen LogP contribution in [0.3, 0.4) is 0 Å². The van der Waals surface area contributed by atoms with E-state index in [4.69, 9.17) is 0 Å². The third-order valence-electron chi connectivity index (χ3n) is 3.03. The zero-order valence-electron chi connectivity index (χ0n) is 10.9. The van der Waals surface area contributed by atoms with Crippen LogP contribution in [-0.4, -0.2) is 31.5 Å². The van der Waals surface area contributed by atoms with E-state index in [1.165, 1.54) is 24.8 Å². The minimum absolute atomic E-state index is 0.0115. The smallest absolute Gasteiger partial charge is 0.230 e. The van der Waals surface area contributed by atoms with E-state index in [9.17, 15) is 14.0 Å². The van der Waals surface area contributed by atoms with Crippen LogP contribution in [0.4, 0.5) is 4.39 Å². The van der Waals surface area contributed by atoms with Gasteiger partial charge in [-0.1, -0.05) is 0 Å². The van der Waals surface area contributed by atoms with E-state index in [2.05, 4.69) is 19.9 Å². The molecule has 0 unspecified atom stereocenters. The molecule has 3 rings (SSSR count). The van der Waals surface area contributed by atoms with Gasteiger partial charge in [0.1, 0.15) is 11.4 Å². The SMILES string of the molecule is CC(=O)C(=O)c1c[nH]c2c(-c3cnccn3)ncc(F)c12. The number of fused-ring (bicyclic) bond motifs is 1. The summed E-state index contributed by atoms with van der Waals surface area (Å²) < 4.78 is 14.0. The lowest BCUT2D eigenvalue weighted by atomic mass is 10.1. The molecular weight excluding hydrogens is 275 g/mol. The molecule has 0 aliphatic rings. The average molecular weight is 284 g/mol. The molecule has 1 N–H and O–H groups in total. The number of Topliss-reactive ketones (excluding diaryl/α,β-unsaturated/α-hetero) is 2. The lowest BCUT2D eigenvalue weighted by Crippen LogP contribution is -2.09. The fourth-order valence-electron chi connectivity index (χ4n) is 2.09. The molecular formula is C14H9FN4O2. The maximum Gasteiger partial charge on any atom is 0.230 e. The second-order valence-electron chi connectivity index (χ2n) is 4.38. The van der Waals surface area contributed by atoms with Crippen molar-refractivity contribution in [3.05, 3.63) is 42.4 Å². The van der Waals surface area contributed by atoms with Crippen LogP contribution in [0.25, 0.3) is 22.3 Å². The van der Waals surface area contributed by atoms with Crippen molar-refractivity contribution in [2.45, 2.75) is 6.92 Å². The molecule has 0 amide bonds. The number of aromatic amines is 1. The van der Waals surface area contributed by atoms with E-state index >= 15 is 0 Å². The molecule has 0 atom stereocenters. The first kappa shape index (κ1) is 13.0. The molecule has 0 bridgehead atoms. The largest absolute Gasteiger partial charge is 0.359 e. The van der Waals surface area contributed by atoms with Gasteiger partial charge in [-0.15, -0.1) is 0 Å². The van der Waals surface area contributed by atoms with Crippen LogP contribution < -0.4 is 0 Å². The molecule has 3 aromatic rings. The van der Waals surface area contributed by atoms with Crippen molar-refractivity contribution < 1.29 is 14.0 Å². The fraction of sp³-hybridized carbons (Fsp3) is 0.0714. The molecule has 6 nitrogen and oxygen atoms in total. The minimum Gasteiger partial charge on any atom is -0.359 e. The van der Waals surface area contributed by atoms with Gasteiger partial charge in [0.15, 0.2) is 11.6 Å². The van der Waals surface area contributed by atoms with Crippen LogP contribution in [0.2, 0.25) is 0 Å². The first-order valence-electron chi connectivity index (χ1n) is 6.07. The molecule has 3 heterocycles. The van der Waals surface area contributed by atoms with Gasteiger partial charge in [-0.3, -0.25) is 19.6 Å². The summed E-state index contributed by atoms with van der Waals surface area (Å²) in [6.45, 7) is 1.14. The Bertz CT molecular complexity index is 858. The lowest BCUT2D eigenvalue weighted by Gasteiger charge is -2.02. The molecule has 0 spiro atoms. The van der Waals surface area contributed by atoms with Gasteiger partial charge in [-0.2, -0.15) is 0 Å². The van der Waals surface area contributed by atoms with Crippen molar-refractivity contribution in [3.63, 3.8) is 0 Å². The number of pyridine rings is 1. The van der Waals surface area contributed by atoms with Gasteiger partial charge in [0, 0.05) is 25.5 Å². The minimum atomic E-state index is -0.753. The van der Waals surface area contributed by atoms with Crippen molar-refractivity contribution in [2.75, 3.05) is 0 Å². The van der Waals surface area contributed by atoms with E-state index in [-0.39, 0.29) is 10.9 Å². The Morgan fingerprint density at radius 3 is 2.67 bits per heavy atom. The highest BCUT2D eigenvalue weighted by atomic mass is 19.1. The molecule has 21 heavy (non-hydrogen) atoms. The Morgan fingerprint density at radius 1 is 1.19 bits per heavy atom. The van der Waals surface area contributed by atoms with Gasteiger partial charge in [0.25, 0.3) is 0 Å². The highest BCUT2D eigenvalue weighted by molar-refractivity contribution is 6.45. The number of H-pyrrole nitrogens is 1. The van der Waals surface area contributed by atoms with Gasteiger partial charge in [-0.25, -0.2) is 9.37 Å². The molecule has 0 aliphatic carbocycles. The Balaban J connectivity index is 2.30. The predicted molar refractivity (Wildman–Crippen MR) is 72.1 cm³/mol. The first-order valence-corrected chi connectivity index (χ1v) is 6.07. The molecule has 3 aromatic heterocycles. The number of ketones is 2. The average Bonchev–Trinajstić information content (AvgIpc) is 2.93. The van der Waals surface area contributed by atoms with E-state index in [1.807, 2.05) is 0 Å². The van der Waals surface area contributed by atoms with E-state index < -0.39 is 17.4 Å². The highest BCUT2D eigenvalue weighted by Crippen LogP contribution is 2.28. The van der Waals surface area contributed by atoms with Crippen LogP contribution in [-0.2, 0) is 4.79 Å². The van der Waals surface area contributed by atoms with Crippen molar-refractivity contribution in [1.82, 2.24) is 19.9 Å². The maximum atomic E-state index is 14.0. The number of halogens is 1. The Kier molecular flexibility index (Phi) is 3.02. The zero-order chi connectivity index (χ0) is 15.0. The van der Waals surface area contributed by atoms with Crippen molar-refractivity contribution in [2.24, 2.45) is 0 Å². The molecule has 0 saturated heterocycles. The molecule has 7 heteroatoms. The molecule has 0 fully saturated rings. The van der Waals surface area contributed by atoms with E-state index in [0.717, 1.165) is 13.1 Å². The van der Waals surface area contributed by atoms with Crippen molar-refractivity contribution in [1.29, 1.82) is 0 Å². The third kappa shape index (κ3) is 2.08. The number of aromatic nitrogens is 4. The third-order valence-corrected chi connectivity index (χ3v) is 3.03. The van der Waals surface area contributed by atoms with Crippen LogP contribution in [0, 0.1) is 5.82 Å². The summed E-state index contributed by atoms with van der Waals surface area (Å²) in [6.07, 6.45) is 6.77. The standard InChI is InChI=1S/C14H9FN4O2/c1-7(20)14(21)8-4-18-13-11(8)9(15)5-19-12(13)10-6-16-2-3-17-10/h2-6,18H,1H3. The van der Waals surface area contributed by atoms with Gasteiger partial charge in [-0.05, 0) is 0 Å². The molecule has 0 saturated carbocycles. The number of carbonyl (C=O) groups excluding carboxylic acids is 2. The van der Waals surface area contributed by atoms with Gasteiger partial charge in [0.05, 0.1) is 28.9 Å². The quantitative estimate of drug-likeness (QED) is 0.586. The van der Waals surface area contributed by atoms with Crippen LogP contribution in [0.1, 0.15) is 17.3 Å². The summed E-state index contributed by atoms with van der Waals surface area (Å²) in [5.74, 6) is -2.09. The van der Waals surface area contributed by atoms with Gasteiger partial charge < -0.3 is 4.98 Å². The van der Waals surface area contributed by atoms with Gasteiger partial charge >= 0.3 is 0 Å². The number of hydrogen-bond acceptors (Lipinski definition) is 5. The summed E-state index contributed by atoms with van der Waals surface area (Å²) >= 11 is 0. The maximum absolute atomic E-state index is 14.0. The van der Waals surface area contributed by atoms with Crippen LogP contribution in [0.15, 0.2) is 31.0 Å². The summed E-state index contributed by atoms with van der Waals surface area (Å²) in [5.41, 5.74) is 1.09. The number of nitrogens with zero attached hydrogens (tertiary/aromatic N) is 3. The molecule has 104 valence electrons. The molecule has 0 aromatic carbocycles. The van der Waals surface area contributed by atoms with Crippen molar-refractivity contribution >= 4 is 22.5 Å². The predicted octanol–water partition coefficient (Wildman–Crippen LogP) is 1.93. The lowest BCUT2D eigenvalue weighted by molar-refractivity contribution is -0.113. The van der Waals surface area contributed by atoms with E-state index in [1.54, 1.807) is 0 Å². The number of rotatable bonds is 3. The number of nitrogens with one attached hydrogen (secondary N) is 1. The summed E-state index contributed by atoms with van der Waals surface area (Å²) in [4.78, 5) is 37.9. The Hall–Kier alpha value is -2.96. The monoisotopic (exact) mass is 284 g/mol. The number of hydrogen-bond donors (Lipinski definition) is 1. The summed E-state index contributed by atoms with van der Waals surface area (Å²) in [5, 5.41) is 0.0332. The zero-order valence-corrected chi connectivity index (χ0v) is 10.9. The van der Waals surface area contributed by atoms with Crippen LogP contribution in [0.5, 0.6) is 0 Å². The van der Waals surface area contributed by atoms with Gasteiger partial charge in [0.2, 0.25) is 5.78 Å². The summed E-state index contributed by atoms with van der Waals surface area (Å²) in [6, 6.07) is 0. The fourth-order valence-corrected chi connectivity index (χ4v) is 2.09. The van der Waals surface area contributed by atoms with Crippen molar-refractivity contribution in [3.8, 4) is 11.4 Å². The topological polar surface area (TPSA) is 88.6 Å². The number of carbonyl (C=O) groups is 2. The summed E-state index contributed by atoms with van der Waals surface area (Å²) in [7, 11) is 0. The molecule has 0 aliphatic heterocycles. The normalized spacial score (nSPS) is 10.8. The Morgan fingerprint density at radius 2 is 2.00 bits per heavy atom. The second kappa shape index (κ2) is 4.86. The molecule has 0 radical (unpaired) electrons. The highest BCUT2D eigenvalue weighted by Gasteiger charge is 2.21. The Labute approximate surface area is 118 Å². The second-order valence-corrected chi connectivity index (χ2v) is 4.38. The first-order chi connectivity index (χ1) is 10.1. The van der Waals surface area contributed by atoms with E-state index in [0.29, 0.717) is 16.9 Å².